The van der Waals surface area contributed by atoms with Crippen LogP contribution in [0.25, 0.3) is 11.1 Å². The van der Waals surface area contributed by atoms with Crippen LogP contribution in [0, 0.1) is 11.8 Å². The maximum absolute atomic E-state index is 13.9. The Hall–Kier alpha value is -3.81. The van der Waals surface area contributed by atoms with Crippen LogP contribution in [0.3, 0.4) is 0 Å². The second-order valence-electron chi connectivity index (χ2n) is 12.7. The number of nitrogens with two attached hydrogens (primary N) is 1. The van der Waals surface area contributed by atoms with Gasteiger partial charge < -0.3 is 25.1 Å². The van der Waals surface area contributed by atoms with Crippen molar-refractivity contribution < 1.29 is 32.0 Å². The smallest absolute Gasteiger partial charge is 0.266 e. The van der Waals surface area contributed by atoms with E-state index < -0.39 is 33.9 Å². The number of nitrogens with one attached hydrogen (secondary N) is 2. The number of rotatable bonds is 15. The minimum Gasteiger partial charge on any atom is -0.434 e. The van der Waals surface area contributed by atoms with Gasteiger partial charge in [-0.1, -0.05) is 43.5 Å². The molecule has 0 spiro atoms. The molecule has 2 fully saturated rings. The second kappa shape index (κ2) is 15.9. The molecule has 2 heterocycles. The number of fused-ring (bicyclic) bond motifs is 1. The number of para-hydroxylation sites is 2. The first kappa shape index (κ1) is 34.5. The average Bonchev–Trinajstić information content (AvgIpc) is 3.68. The van der Waals surface area contributed by atoms with Crippen molar-refractivity contribution in [3.05, 3.63) is 60.0 Å². The number of carbonyl (C=O) groups is 3. The summed E-state index contributed by atoms with van der Waals surface area (Å²) in [6, 6.07) is 12.9. The molecule has 2 aliphatic rings. The number of likely N-dealkylation sites (tertiary alicyclic amines) is 1. The van der Waals surface area contributed by atoms with Gasteiger partial charge in [0.15, 0.2) is 5.58 Å². The standard InChI is InChI=1S/C34H45N5O7S/c1-47(43,44)38-25-13-9-12-24(18-25)19-31(40)39-20-26(30(21-39)45-22-23-10-3-2-4-11-23)33(42)36-28(15-7-8-17-35)32(41)34-37-27-14-5-6-16-29(27)46-34/h5-6,9,12-14,16,18,23,26,28,30,38H,2-4,7-8,10-11,15,17,19-22,35H2,1H3,(H,36,42)/t26-,28-,30-/m0/s1. The number of amides is 2. The number of hydrogen-bond acceptors (Lipinski definition) is 9. The van der Waals surface area contributed by atoms with Gasteiger partial charge in [-0.15, -0.1) is 0 Å². The molecule has 1 aliphatic heterocycles. The third kappa shape index (κ3) is 9.61. The number of aromatic nitrogens is 1. The zero-order chi connectivity index (χ0) is 33.4. The minimum absolute atomic E-state index is 0.0287. The molecule has 1 saturated carbocycles. The quantitative estimate of drug-likeness (QED) is 0.161. The fraction of sp³-hybridized carbons (Fsp3) is 0.529. The normalized spacial score (nSPS) is 19.5. The van der Waals surface area contributed by atoms with E-state index in [2.05, 4.69) is 15.0 Å². The van der Waals surface area contributed by atoms with E-state index in [0.29, 0.717) is 60.7 Å². The lowest BCUT2D eigenvalue weighted by atomic mass is 9.90. The summed E-state index contributed by atoms with van der Waals surface area (Å²) >= 11 is 0. The Morgan fingerprint density at radius 2 is 1.85 bits per heavy atom. The molecule has 0 unspecified atom stereocenters. The molecule has 1 saturated heterocycles. The Labute approximate surface area is 275 Å². The Morgan fingerprint density at radius 3 is 2.60 bits per heavy atom. The van der Waals surface area contributed by atoms with Crippen LogP contribution < -0.4 is 15.8 Å². The van der Waals surface area contributed by atoms with Crippen molar-refractivity contribution in [2.75, 3.05) is 37.2 Å². The van der Waals surface area contributed by atoms with Crippen LogP contribution in [0.2, 0.25) is 0 Å². The number of sulfonamides is 1. The fourth-order valence-corrected chi connectivity index (χ4v) is 6.98. The van der Waals surface area contributed by atoms with Crippen LogP contribution in [-0.2, 0) is 30.8 Å². The predicted molar refractivity (Wildman–Crippen MR) is 178 cm³/mol. The number of hydrogen-bond donors (Lipinski definition) is 3. The van der Waals surface area contributed by atoms with E-state index in [1.54, 1.807) is 47.4 Å². The third-order valence-corrected chi connectivity index (χ3v) is 9.50. The maximum Gasteiger partial charge on any atom is 0.266 e. The second-order valence-corrected chi connectivity index (χ2v) is 14.5. The van der Waals surface area contributed by atoms with E-state index in [1.807, 2.05) is 6.07 Å². The number of nitrogens with zero attached hydrogens (tertiary/aromatic N) is 2. The molecule has 2 aromatic carbocycles. The molecule has 4 N–H and O–H groups in total. The molecule has 12 nitrogen and oxygen atoms in total. The van der Waals surface area contributed by atoms with E-state index in [4.69, 9.17) is 14.9 Å². The summed E-state index contributed by atoms with van der Waals surface area (Å²) in [4.78, 5) is 47.1. The van der Waals surface area contributed by atoms with Gasteiger partial charge in [-0.2, -0.15) is 0 Å². The zero-order valence-corrected chi connectivity index (χ0v) is 27.7. The SMILES string of the molecule is CS(=O)(=O)Nc1cccc(CC(=O)N2C[C@H](OCC3CCCCC3)[C@@H](C(=O)N[C@@H](CCCCN)C(=O)c3nc4ccccc4o3)C2)c1. The summed E-state index contributed by atoms with van der Waals surface area (Å²) in [5.41, 5.74) is 7.77. The van der Waals surface area contributed by atoms with E-state index in [9.17, 15) is 22.8 Å². The Kier molecular flexibility index (Phi) is 11.6. The van der Waals surface area contributed by atoms with Gasteiger partial charge >= 0.3 is 0 Å². The first-order chi connectivity index (χ1) is 22.6. The number of Topliss-reactive ketones (excluding diaryl/α,β-unsaturated/α-hetero) is 1. The summed E-state index contributed by atoms with van der Waals surface area (Å²) < 4.78 is 37.9. The topological polar surface area (TPSA) is 174 Å². The van der Waals surface area contributed by atoms with E-state index in [0.717, 1.165) is 31.9 Å². The molecule has 2 amide bonds. The van der Waals surface area contributed by atoms with Crippen LogP contribution in [0.5, 0.6) is 0 Å². The number of anilines is 1. The van der Waals surface area contributed by atoms with Gasteiger partial charge in [0.2, 0.25) is 27.6 Å². The summed E-state index contributed by atoms with van der Waals surface area (Å²) in [5, 5.41) is 2.95. The van der Waals surface area contributed by atoms with Gasteiger partial charge in [-0.25, -0.2) is 13.4 Å². The number of benzene rings is 2. The molecule has 0 radical (unpaired) electrons. The number of oxazole rings is 1. The van der Waals surface area contributed by atoms with Crippen molar-refractivity contribution in [1.29, 1.82) is 0 Å². The monoisotopic (exact) mass is 667 g/mol. The Bertz CT molecular complexity index is 1620. The average molecular weight is 668 g/mol. The van der Waals surface area contributed by atoms with Crippen molar-refractivity contribution in [3.8, 4) is 0 Å². The first-order valence-corrected chi connectivity index (χ1v) is 18.3. The highest BCUT2D eigenvalue weighted by Crippen LogP contribution is 2.28. The molecular formula is C34H45N5O7S. The molecule has 13 heteroatoms. The molecule has 1 aromatic heterocycles. The number of carbonyl (C=O) groups excluding carboxylic acids is 3. The van der Waals surface area contributed by atoms with Gasteiger partial charge in [-0.3, -0.25) is 19.1 Å². The highest BCUT2D eigenvalue weighted by molar-refractivity contribution is 7.92. The number of ether oxygens (including phenoxy) is 1. The fourth-order valence-electron chi connectivity index (χ4n) is 6.42. The Morgan fingerprint density at radius 1 is 1.06 bits per heavy atom. The number of unbranched alkanes of at least 4 members (excludes halogenated alkanes) is 1. The van der Waals surface area contributed by atoms with E-state index in [-0.39, 0.29) is 37.2 Å². The van der Waals surface area contributed by atoms with Gasteiger partial charge in [0.25, 0.3) is 5.89 Å². The van der Waals surface area contributed by atoms with E-state index >= 15 is 0 Å². The summed E-state index contributed by atoms with van der Waals surface area (Å²) in [6.07, 6.45) is 7.91. The van der Waals surface area contributed by atoms with Crippen LogP contribution in [0.4, 0.5) is 5.69 Å². The van der Waals surface area contributed by atoms with Crippen LogP contribution in [0.1, 0.15) is 67.6 Å². The Balaban J connectivity index is 1.31. The van der Waals surface area contributed by atoms with E-state index in [1.165, 1.54) is 6.42 Å². The lowest BCUT2D eigenvalue weighted by Crippen LogP contribution is -2.47. The van der Waals surface area contributed by atoms with Gasteiger partial charge in [0.1, 0.15) is 5.52 Å². The molecule has 5 rings (SSSR count). The highest BCUT2D eigenvalue weighted by atomic mass is 32.2. The highest BCUT2D eigenvalue weighted by Gasteiger charge is 2.42. The first-order valence-electron chi connectivity index (χ1n) is 16.5. The predicted octanol–water partition coefficient (Wildman–Crippen LogP) is 3.66. The van der Waals surface area contributed by atoms with Crippen LogP contribution in [-0.4, -0.2) is 80.5 Å². The lowest BCUT2D eigenvalue weighted by Gasteiger charge is -2.26. The van der Waals surface area contributed by atoms with Gasteiger partial charge in [0, 0.05) is 25.4 Å². The molecule has 3 aromatic rings. The van der Waals surface area contributed by atoms with Crippen molar-refractivity contribution in [2.24, 2.45) is 17.6 Å². The van der Waals surface area contributed by atoms with Crippen LogP contribution >= 0.6 is 0 Å². The van der Waals surface area contributed by atoms with Crippen molar-refractivity contribution in [1.82, 2.24) is 15.2 Å². The molecule has 0 bridgehead atoms. The molecular weight excluding hydrogens is 622 g/mol. The van der Waals surface area contributed by atoms with Crippen molar-refractivity contribution in [2.45, 2.75) is 69.9 Å². The van der Waals surface area contributed by atoms with Gasteiger partial charge in [-0.05, 0) is 74.4 Å². The largest absolute Gasteiger partial charge is 0.434 e. The molecule has 254 valence electrons. The van der Waals surface area contributed by atoms with Crippen molar-refractivity contribution >= 4 is 44.4 Å². The third-order valence-electron chi connectivity index (χ3n) is 8.90. The van der Waals surface area contributed by atoms with Crippen molar-refractivity contribution in [3.63, 3.8) is 0 Å². The number of ketones is 1. The lowest BCUT2D eigenvalue weighted by molar-refractivity contribution is -0.130. The molecule has 3 atom stereocenters. The summed E-state index contributed by atoms with van der Waals surface area (Å²) in [7, 11) is -3.47. The summed E-state index contributed by atoms with van der Waals surface area (Å²) in [5.74, 6) is -1.33. The zero-order valence-electron chi connectivity index (χ0n) is 26.9. The minimum atomic E-state index is -3.47. The molecule has 1 aliphatic carbocycles. The van der Waals surface area contributed by atoms with Crippen LogP contribution in [0.15, 0.2) is 52.9 Å². The summed E-state index contributed by atoms with van der Waals surface area (Å²) in [6.45, 7) is 1.34. The van der Waals surface area contributed by atoms with Gasteiger partial charge in [0.05, 0.1) is 30.7 Å². The maximum atomic E-state index is 13.9. The molecule has 47 heavy (non-hydrogen) atoms.